The zero-order valence-electron chi connectivity index (χ0n) is 13.1. The summed E-state index contributed by atoms with van der Waals surface area (Å²) in [5.74, 6) is 2.11. The number of ether oxygens (including phenoxy) is 1. The van der Waals surface area contributed by atoms with Crippen LogP contribution in [0.15, 0.2) is 0 Å². The first-order valence-electron chi connectivity index (χ1n) is 8.75. The van der Waals surface area contributed by atoms with E-state index in [4.69, 9.17) is 9.72 Å². The lowest BCUT2D eigenvalue weighted by Gasteiger charge is -2.32. The van der Waals surface area contributed by atoms with E-state index in [0.717, 1.165) is 39.0 Å². The Balaban J connectivity index is 1.73. The molecule has 1 saturated heterocycles. The van der Waals surface area contributed by atoms with Gasteiger partial charge in [0.05, 0.1) is 11.8 Å². The maximum atomic E-state index is 5.77. The molecule has 0 radical (unpaired) electrons. The van der Waals surface area contributed by atoms with E-state index in [2.05, 4.69) is 16.8 Å². The van der Waals surface area contributed by atoms with Gasteiger partial charge in [-0.15, -0.1) is 0 Å². The molecule has 1 saturated carbocycles. The van der Waals surface area contributed by atoms with Gasteiger partial charge in [0.2, 0.25) is 0 Å². The highest BCUT2D eigenvalue weighted by molar-refractivity contribution is 5.24. The number of fused-ring (bicyclic) bond motifs is 1. The fraction of sp³-hybridized carbons (Fsp3) is 0.824. The summed E-state index contributed by atoms with van der Waals surface area (Å²) in [6.07, 6.45) is 9.26. The number of hydrogen-bond donors (Lipinski definition) is 1. The molecule has 0 amide bonds. The first-order valence-corrected chi connectivity index (χ1v) is 8.75. The summed E-state index contributed by atoms with van der Waals surface area (Å²) in [5.41, 5.74) is 2.84. The van der Waals surface area contributed by atoms with Crippen molar-refractivity contribution in [2.24, 2.45) is 0 Å². The third-order valence-electron chi connectivity index (χ3n) is 5.49. The fourth-order valence-corrected chi connectivity index (χ4v) is 4.44. The van der Waals surface area contributed by atoms with E-state index < -0.39 is 0 Å². The van der Waals surface area contributed by atoms with Gasteiger partial charge in [0.1, 0.15) is 5.82 Å². The van der Waals surface area contributed by atoms with Gasteiger partial charge in [-0.1, -0.05) is 12.8 Å². The van der Waals surface area contributed by atoms with Crippen LogP contribution in [0.4, 0.5) is 0 Å². The summed E-state index contributed by atoms with van der Waals surface area (Å²) in [6.45, 7) is 5.18. The standard InChI is InChI=1S/C17H27N3O/c1-12-10-14(7-9-21-12)20-16-6-8-18-11-15(16)19-17(20)13-4-2-3-5-13/h12-14,18H,2-11H2,1H3. The molecule has 4 nitrogen and oxygen atoms in total. The topological polar surface area (TPSA) is 39.1 Å². The van der Waals surface area contributed by atoms with Crippen molar-refractivity contribution in [3.8, 4) is 0 Å². The Morgan fingerprint density at radius 3 is 2.90 bits per heavy atom. The van der Waals surface area contributed by atoms with Crippen LogP contribution in [0.3, 0.4) is 0 Å². The van der Waals surface area contributed by atoms with Gasteiger partial charge in [-0.25, -0.2) is 4.98 Å². The molecule has 116 valence electrons. The van der Waals surface area contributed by atoms with Gasteiger partial charge in [-0.05, 0) is 32.6 Å². The molecule has 2 atom stereocenters. The van der Waals surface area contributed by atoms with Crippen molar-refractivity contribution in [2.75, 3.05) is 13.2 Å². The number of rotatable bonds is 2. The predicted octanol–water partition coefficient (Wildman–Crippen LogP) is 2.93. The van der Waals surface area contributed by atoms with E-state index in [9.17, 15) is 0 Å². The average Bonchev–Trinajstić information content (AvgIpc) is 3.14. The van der Waals surface area contributed by atoms with Crippen LogP contribution >= 0.6 is 0 Å². The number of aromatic nitrogens is 2. The van der Waals surface area contributed by atoms with E-state index in [1.54, 1.807) is 0 Å². The Kier molecular flexibility index (Phi) is 3.76. The van der Waals surface area contributed by atoms with Gasteiger partial charge < -0.3 is 14.6 Å². The normalized spacial score (nSPS) is 30.5. The first-order chi connectivity index (χ1) is 10.3. The van der Waals surface area contributed by atoms with Gasteiger partial charge >= 0.3 is 0 Å². The number of hydrogen-bond acceptors (Lipinski definition) is 3. The molecule has 21 heavy (non-hydrogen) atoms. The Morgan fingerprint density at radius 1 is 1.24 bits per heavy atom. The monoisotopic (exact) mass is 289 g/mol. The van der Waals surface area contributed by atoms with E-state index in [0.29, 0.717) is 18.1 Å². The molecule has 1 N–H and O–H groups in total. The van der Waals surface area contributed by atoms with Gasteiger partial charge in [-0.3, -0.25) is 0 Å². The number of nitrogens with one attached hydrogen (secondary N) is 1. The van der Waals surface area contributed by atoms with Gasteiger partial charge in [0.25, 0.3) is 0 Å². The van der Waals surface area contributed by atoms with Crippen LogP contribution in [-0.4, -0.2) is 28.8 Å². The SMILES string of the molecule is CC1CC(n2c(C3CCCC3)nc3c2CCNC3)CCO1. The van der Waals surface area contributed by atoms with E-state index in [-0.39, 0.29) is 0 Å². The maximum Gasteiger partial charge on any atom is 0.112 e. The van der Waals surface area contributed by atoms with Gasteiger partial charge in [0.15, 0.2) is 0 Å². The average molecular weight is 289 g/mol. The minimum absolute atomic E-state index is 0.389. The van der Waals surface area contributed by atoms with Crippen LogP contribution in [-0.2, 0) is 17.7 Å². The third-order valence-corrected chi connectivity index (χ3v) is 5.49. The van der Waals surface area contributed by atoms with Gasteiger partial charge in [-0.2, -0.15) is 0 Å². The quantitative estimate of drug-likeness (QED) is 0.910. The molecule has 0 bridgehead atoms. The van der Waals surface area contributed by atoms with Crippen LogP contribution < -0.4 is 5.32 Å². The molecule has 0 aromatic carbocycles. The molecule has 3 heterocycles. The Bertz CT molecular complexity index is 504. The number of imidazole rings is 1. The second-order valence-electron chi connectivity index (χ2n) is 7.00. The molecule has 2 aliphatic heterocycles. The van der Waals surface area contributed by atoms with Crippen LogP contribution in [0.5, 0.6) is 0 Å². The van der Waals surface area contributed by atoms with Crippen LogP contribution in [0.2, 0.25) is 0 Å². The maximum absolute atomic E-state index is 5.77. The minimum Gasteiger partial charge on any atom is -0.378 e. The highest BCUT2D eigenvalue weighted by atomic mass is 16.5. The summed E-state index contributed by atoms with van der Waals surface area (Å²) < 4.78 is 8.43. The Labute approximate surface area is 127 Å². The largest absolute Gasteiger partial charge is 0.378 e. The zero-order valence-corrected chi connectivity index (χ0v) is 13.1. The lowest BCUT2D eigenvalue weighted by atomic mass is 10.0. The molecular weight excluding hydrogens is 262 g/mol. The molecular formula is C17H27N3O. The summed E-state index contributed by atoms with van der Waals surface area (Å²) >= 11 is 0. The molecule has 1 aromatic heterocycles. The van der Waals surface area contributed by atoms with Crippen molar-refractivity contribution < 1.29 is 4.74 Å². The minimum atomic E-state index is 0.389. The Morgan fingerprint density at radius 2 is 2.10 bits per heavy atom. The molecule has 4 rings (SSSR count). The molecule has 1 aromatic rings. The molecule has 1 aliphatic carbocycles. The smallest absolute Gasteiger partial charge is 0.112 e. The van der Waals surface area contributed by atoms with Crippen LogP contribution in [0.1, 0.15) is 74.6 Å². The van der Waals surface area contributed by atoms with Crippen molar-refractivity contribution in [3.63, 3.8) is 0 Å². The lowest BCUT2D eigenvalue weighted by molar-refractivity contribution is 0.00469. The van der Waals surface area contributed by atoms with Crippen molar-refractivity contribution >= 4 is 0 Å². The summed E-state index contributed by atoms with van der Waals surface area (Å²) in [4.78, 5) is 5.09. The highest BCUT2D eigenvalue weighted by Gasteiger charge is 2.32. The van der Waals surface area contributed by atoms with E-state index in [1.807, 2.05) is 0 Å². The third kappa shape index (κ3) is 2.53. The molecule has 4 heteroatoms. The van der Waals surface area contributed by atoms with Crippen LogP contribution in [0, 0.1) is 0 Å². The van der Waals surface area contributed by atoms with Crippen molar-refractivity contribution in [1.82, 2.24) is 14.9 Å². The molecule has 0 spiro atoms. The predicted molar refractivity (Wildman–Crippen MR) is 82.5 cm³/mol. The molecule has 3 aliphatic rings. The van der Waals surface area contributed by atoms with Crippen molar-refractivity contribution in [1.29, 1.82) is 0 Å². The number of nitrogens with zero attached hydrogens (tertiary/aromatic N) is 2. The summed E-state index contributed by atoms with van der Waals surface area (Å²) in [7, 11) is 0. The van der Waals surface area contributed by atoms with Crippen molar-refractivity contribution in [3.05, 3.63) is 17.2 Å². The first kappa shape index (κ1) is 13.8. The second-order valence-corrected chi connectivity index (χ2v) is 7.00. The Hall–Kier alpha value is -0.870. The summed E-state index contributed by atoms with van der Waals surface area (Å²) in [6, 6.07) is 0.610. The van der Waals surface area contributed by atoms with E-state index in [1.165, 1.54) is 42.9 Å². The van der Waals surface area contributed by atoms with Gasteiger partial charge in [0, 0.05) is 43.8 Å². The second kappa shape index (κ2) is 5.73. The van der Waals surface area contributed by atoms with Crippen molar-refractivity contribution in [2.45, 2.75) is 76.5 Å². The highest BCUT2D eigenvalue weighted by Crippen LogP contribution is 2.38. The van der Waals surface area contributed by atoms with Crippen LogP contribution in [0.25, 0.3) is 0 Å². The molecule has 2 fully saturated rings. The molecule has 2 unspecified atom stereocenters. The lowest BCUT2D eigenvalue weighted by Crippen LogP contribution is -2.30. The zero-order chi connectivity index (χ0) is 14.2. The fourth-order valence-electron chi connectivity index (χ4n) is 4.44. The van der Waals surface area contributed by atoms with E-state index >= 15 is 0 Å². The summed E-state index contributed by atoms with van der Waals surface area (Å²) in [5, 5.41) is 3.48.